The molecule has 0 N–H and O–H groups in total. The van der Waals surface area contributed by atoms with E-state index >= 15 is 0 Å². The van der Waals surface area contributed by atoms with Gasteiger partial charge in [0.05, 0.1) is 90.8 Å². The third-order valence-electron chi connectivity index (χ3n) is 7.89. The summed E-state index contributed by atoms with van der Waals surface area (Å²) >= 11 is 13.9. The SMILES string of the molecule is COC(=O)C1=C(C(=O)OC)SC(=CC(C=C2SC3=C(S2)SC(=CC(C=C2SC(C(=O)OC)=C(C(=O)OC)S2)=C2SC(C(=O)OC)=C(C(=O)OC)S2)S3)=C2SC(C(=O)OC)=C(C(=O)OC)S2)S1. The van der Waals surface area contributed by atoms with Crippen LogP contribution in [0.1, 0.15) is 0 Å². The topological polar surface area (TPSA) is 210 Å². The average Bonchev–Trinajstić information content (AvgIpc) is 4.20. The van der Waals surface area contributed by atoms with E-state index in [9.17, 15) is 38.4 Å². The molecule has 0 bridgehead atoms. The Morgan fingerprint density at radius 3 is 0.621 bits per heavy atom. The van der Waals surface area contributed by atoms with Gasteiger partial charge in [0.1, 0.15) is 39.2 Å². The highest BCUT2D eigenvalue weighted by Gasteiger charge is 2.39. The Labute approximate surface area is 426 Å². The van der Waals surface area contributed by atoms with Crippen molar-refractivity contribution in [1.29, 1.82) is 0 Å². The number of hydrogen-bond donors (Lipinski definition) is 0. The number of thioether (sulfide) groups is 12. The highest BCUT2D eigenvalue weighted by atomic mass is 32.3. The predicted octanol–water partition coefficient (Wildman–Crippen LogP) is 9.01. The van der Waals surface area contributed by atoms with E-state index in [1.54, 1.807) is 12.2 Å². The van der Waals surface area contributed by atoms with Crippen LogP contribution in [0.25, 0.3) is 0 Å². The van der Waals surface area contributed by atoms with Gasteiger partial charge in [0, 0.05) is 0 Å². The van der Waals surface area contributed by atoms with Gasteiger partial charge < -0.3 is 37.9 Å². The molecule has 0 aromatic rings. The molecule has 0 fully saturated rings. The van der Waals surface area contributed by atoms with Crippen LogP contribution in [0.4, 0.5) is 0 Å². The van der Waals surface area contributed by atoms with Crippen molar-refractivity contribution in [3.63, 3.8) is 0 Å². The molecule has 0 unspecified atom stereocenters. The zero-order chi connectivity index (χ0) is 48.0. The fourth-order valence-electron chi connectivity index (χ4n) is 4.96. The monoisotopic (exact) mass is 1120 g/mol. The normalized spacial score (nSPS) is 17.9. The summed E-state index contributed by atoms with van der Waals surface area (Å²) in [6.07, 6.45) is 7.19. The summed E-state index contributed by atoms with van der Waals surface area (Å²) in [7, 11) is 9.58. The third kappa shape index (κ3) is 11.7. The Bertz CT molecular complexity index is 2310. The first-order valence-electron chi connectivity index (χ1n) is 17.5. The van der Waals surface area contributed by atoms with Crippen LogP contribution in [0.15, 0.2) is 109 Å². The van der Waals surface area contributed by atoms with Gasteiger partial charge in [0.2, 0.25) is 0 Å². The lowest BCUT2D eigenvalue weighted by atomic mass is 10.3. The van der Waals surface area contributed by atoms with Crippen LogP contribution < -0.4 is 0 Å². The molecule has 0 saturated heterocycles. The van der Waals surface area contributed by atoms with Crippen LogP contribution >= 0.6 is 141 Å². The van der Waals surface area contributed by atoms with Crippen LogP contribution in [0.5, 0.6) is 0 Å². The zero-order valence-corrected chi connectivity index (χ0v) is 44.5. The average molecular weight is 1130 g/mol. The van der Waals surface area contributed by atoms with Crippen LogP contribution in [0, 0.1) is 0 Å². The number of carbonyl (C=O) groups is 8. The standard InChI is InChI=1S/C38H28O16S12/c1-47-27(39)19-20(28(40)48-2)56-15(55-19)9-13(35-63-23(31(43)51-5)24(64-35)32(44)52-6)11-17-59-37-38(60-17)62-18(61-37)12-14(36-65-25(33(45)53-7)26(66-36)34(46)54-8)10-16-57-21(29(41)49-3)22(58-16)30(42)50-4/h9-12H,1-8H3. The highest BCUT2D eigenvalue weighted by molar-refractivity contribution is 8.48. The van der Waals surface area contributed by atoms with Crippen molar-refractivity contribution in [3.8, 4) is 0 Å². The maximum Gasteiger partial charge on any atom is 0.346 e. The van der Waals surface area contributed by atoms with Gasteiger partial charge in [-0.2, -0.15) is 0 Å². The summed E-state index contributed by atoms with van der Waals surface area (Å²) in [6.45, 7) is 0. The number of hydrogen-bond acceptors (Lipinski definition) is 28. The lowest BCUT2D eigenvalue weighted by Gasteiger charge is -2.08. The minimum Gasteiger partial charge on any atom is -0.465 e. The maximum absolute atomic E-state index is 12.8. The molecule has 0 atom stereocenters. The van der Waals surface area contributed by atoms with E-state index in [1.165, 1.54) is 104 Å². The Hall–Kier alpha value is -2.90. The van der Waals surface area contributed by atoms with Crippen molar-refractivity contribution >= 4 is 189 Å². The summed E-state index contributed by atoms with van der Waals surface area (Å²) in [5.41, 5.74) is 1.08. The summed E-state index contributed by atoms with van der Waals surface area (Å²) in [5, 5.41) is 0. The third-order valence-corrected chi connectivity index (χ3v) is 23.3. The van der Waals surface area contributed by atoms with E-state index in [1.807, 2.05) is 12.2 Å². The molecule has 16 nitrogen and oxygen atoms in total. The van der Waals surface area contributed by atoms with E-state index in [4.69, 9.17) is 37.9 Å². The van der Waals surface area contributed by atoms with Crippen molar-refractivity contribution in [2.24, 2.45) is 0 Å². The van der Waals surface area contributed by atoms with E-state index < -0.39 is 47.8 Å². The molecule has 0 spiro atoms. The van der Waals surface area contributed by atoms with Gasteiger partial charge in [0.15, 0.2) is 0 Å². The van der Waals surface area contributed by atoms with Gasteiger partial charge in [-0.25, -0.2) is 38.4 Å². The zero-order valence-electron chi connectivity index (χ0n) is 34.7. The summed E-state index contributed by atoms with van der Waals surface area (Å²) < 4.78 is 45.0. The second kappa shape index (κ2) is 23.6. The molecule has 28 heteroatoms. The van der Waals surface area contributed by atoms with Crippen molar-refractivity contribution < 1.29 is 76.3 Å². The first kappa shape index (κ1) is 52.5. The molecule has 0 aromatic heterocycles. The van der Waals surface area contributed by atoms with Crippen molar-refractivity contribution in [1.82, 2.24) is 0 Å². The number of methoxy groups -OCH3 is 8. The number of rotatable bonds is 12. The number of carbonyl (C=O) groups excluding carboxylic acids is 8. The lowest BCUT2D eigenvalue weighted by molar-refractivity contribution is -0.138. The fraction of sp³-hybridized carbons (Fsp3) is 0.211. The van der Waals surface area contributed by atoms with Gasteiger partial charge in [-0.3, -0.25) is 0 Å². The Kier molecular flexibility index (Phi) is 18.8. The van der Waals surface area contributed by atoms with E-state index in [-0.39, 0.29) is 39.2 Å². The molecule has 6 aliphatic rings. The molecule has 0 aromatic carbocycles. The first-order chi connectivity index (χ1) is 31.6. The van der Waals surface area contributed by atoms with Crippen LogP contribution in [0.3, 0.4) is 0 Å². The van der Waals surface area contributed by atoms with Crippen molar-refractivity contribution in [2.75, 3.05) is 56.9 Å². The van der Waals surface area contributed by atoms with E-state index in [0.29, 0.717) is 28.1 Å². The lowest BCUT2D eigenvalue weighted by Crippen LogP contribution is -2.08. The Balaban J connectivity index is 1.34. The fourth-order valence-corrected chi connectivity index (χ4v) is 20.8. The van der Waals surface area contributed by atoms with Gasteiger partial charge in [-0.1, -0.05) is 141 Å². The minimum atomic E-state index is -0.737. The van der Waals surface area contributed by atoms with E-state index in [0.717, 1.165) is 111 Å². The smallest absolute Gasteiger partial charge is 0.346 e. The molecule has 66 heavy (non-hydrogen) atoms. The second-order valence-corrected chi connectivity index (χ2v) is 26.3. The van der Waals surface area contributed by atoms with Gasteiger partial charge in [-0.15, -0.1) is 0 Å². The predicted molar refractivity (Wildman–Crippen MR) is 269 cm³/mol. The second-order valence-electron chi connectivity index (χ2n) is 11.7. The van der Waals surface area contributed by atoms with Crippen LogP contribution in [-0.2, 0) is 76.3 Å². The molecule has 0 aliphatic carbocycles. The number of allylic oxidation sites excluding steroid dienone is 6. The summed E-state index contributed by atoms with van der Waals surface area (Å²) in [5.74, 6) is -5.85. The first-order valence-corrected chi connectivity index (χ1v) is 27.3. The Morgan fingerprint density at radius 2 is 0.439 bits per heavy atom. The van der Waals surface area contributed by atoms with Crippen LogP contribution in [-0.4, -0.2) is 105 Å². The molecule has 0 saturated carbocycles. The van der Waals surface area contributed by atoms with Gasteiger partial charge in [-0.05, 0) is 35.5 Å². The van der Waals surface area contributed by atoms with E-state index in [2.05, 4.69) is 0 Å². The number of esters is 8. The number of ether oxygens (including phenoxy) is 8. The molecule has 6 rings (SSSR count). The molecule has 6 aliphatic heterocycles. The van der Waals surface area contributed by atoms with Crippen LogP contribution in [0.2, 0.25) is 0 Å². The quantitative estimate of drug-likeness (QED) is 0.132. The minimum absolute atomic E-state index is 0.0292. The molecular weight excluding hydrogens is 1100 g/mol. The van der Waals surface area contributed by atoms with Crippen molar-refractivity contribution in [3.05, 3.63) is 109 Å². The summed E-state index contributed by atoms with van der Waals surface area (Å²) in [6, 6.07) is 0. The van der Waals surface area contributed by atoms with Gasteiger partial charge in [0.25, 0.3) is 0 Å². The highest BCUT2D eigenvalue weighted by Crippen LogP contribution is 2.68. The molecule has 0 radical (unpaired) electrons. The molecule has 6 heterocycles. The molecule has 0 amide bonds. The Morgan fingerprint density at radius 1 is 0.273 bits per heavy atom. The van der Waals surface area contributed by atoms with Crippen molar-refractivity contribution in [2.45, 2.75) is 0 Å². The summed E-state index contributed by atoms with van der Waals surface area (Å²) in [4.78, 5) is 102. The molecule has 348 valence electrons. The van der Waals surface area contributed by atoms with Gasteiger partial charge >= 0.3 is 47.8 Å². The maximum atomic E-state index is 12.8. The largest absolute Gasteiger partial charge is 0.465 e. The molecular formula is C38H28O16S12.